The Balaban J connectivity index is 2.01. The van der Waals surface area contributed by atoms with E-state index in [4.69, 9.17) is 9.84 Å². The minimum atomic E-state index is -0.961. The maximum Gasteiger partial charge on any atom is 0.121 e. The van der Waals surface area contributed by atoms with Gasteiger partial charge in [0.15, 0.2) is 0 Å². The average molecular weight is 448 g/mol. The second-order valence-corrected chi connectivity index (χ2v) is 6.73. The first-order valence-corrected chi connectivity index (χ1v) is 8.36. The molecule has 0 spiro atoms. The van der Waals surface area contributed by atoms with Crippen LogP contribution in [0.25, 0.3) is 0 Å². The number of aromatic hydroxyl groups is 2. The first-order chi connectivity index (χ1) is 10.9. The van der Waals surface area contributed by atoms with Crippen LogP contribution in [0.4, 0.5) is 0 Å². The van der Waals surface area contributed by atoms with Gasteiger partial charge in [0.25, 0.3) is 0 Å². The van der Waals surface area contributed by atoms with E-state index < -0.39 is 6.10 Å². The number of rotatable bonds is 6. The zero-order chi connectivity index (χ0) is 17.0. The van der Waals surface area contributed by atoms with Crippen molar-refractivity contribution in [1.82, 2.24) is 0 Å². The molecule has 2 aromatic rings. The van der Waals surface area contributed by atoms with Gasteiger partial charge in [-0.1, -0.05) is 31.9 Å². The predicted octanol–water partition coefficient (Wildman–Crippen LogP) is 3.37. The maximum atomic E-state index is 10.2. The van der Waals surface area contributed by atoms with E-state index in [-0.39, 0.29) is 31.3 Å². The summed E-state index contributed by atoms with van der Waals surface area (Å²) >= 11 is 6.61. The Morgan fingerprint density at radius 3 is 2.43 bits per heavy atom. The van der Waals surface area contributed by atoms with Crippen molar-refractivity contribution < 1.29 is 25.2 Å². The van der Waals surface area contributed by atoms with Gasteiger partial charge in [-0.15, -0.1) is 0 Å². The topological polar surface area (TPSA) is 90.2 Å². The summed E-state index contributed by atoms with van der Waals surface area (Å²) in [4.78, 5) is 0. The van der Waals surface area contributed by atoms with Crippen molar-refractivity contribution in [3.63, 3.8) is 0 Å². The van der Waals surface area contributed by atoms with Crippen LogP contribution in [0.15, 0.2) is 39.3 Å². The molecule has 7 heteroatoms. The minimum Gasteiger partial charge on any atom is -0.508 e. The van der Waals surface area contributed by atoms with Crippen LogP contribution in [0, 0.1) is 0 Å². The molecule has 2 rings (SSSR count). The fourth-order valence-electron chi connectivity index (χ4n) is 2.04. The summed E-state index contributed by atoms with van der Waals surface area (Å²) in [5.41, 5.74) is 1.43. The van der Waals surface area contributed by atoms with Crippen molar-refractivity contribution in [3.05, 3.63) is 56.0 Å². The molecule has 0 fully saturated rings. The van der Waals surface area contributed by atoms with Crippen molar-refractivity contribution in [2.75, 3.05) is 6.61 Å². The summed E-state index contributed by atoms with van der Waals surface area (Å²) in [6, 6.07) is 7.95. The number of ether oxygens (including phenoxy) is 1. The number of aliphatic hydroxyl groups excluding tert-OH is 2. The molecule has 4 N–H and O–H groups in total. The maximum absolute atomic E-state index is 10.2. The summed E-state index contributed by atoms with van der Waals surface area (Å²) in [5.74, 6) is 0.0307. The van der Waals surface area contributed by atoms with Gasteiger partial charge in [-0.3, -0.25) is 0 Å². The van der Waals surface area contributed by atoms with Crippen LogP contribution in [0.5, 0.6) is 11.5 Å². The van der Waals surface area contributed by atoms with Gasteiger partial charge in [-0.05, 0) is 30.3 Å². The molecule has 0 aliphatic carbocycles. The molecule has 0 aliphatic rings. The van der Waals surface area contributed by atoms with Crippen LogP contribution in [0.1, 0.15) is 22.8 Å². The average Bonchev–Trinajstić information content (AvgIpc) is 2.52. The second-order valence-electron chi connectivity index (χ2n) is 4.96. The molecule has 124 valence electrons. The molecule has 5 nitrogen and oxygen atoms in total. The zero-order valence-electron chi connectivity index (χ0n) is 12.0. The van der Waals surface area contributed by atoms with Crippen molar-refractivity contribution >= 4 is 31.9 Å². The van der Waals surface area contributed by atoms with E-state index in [1.54, 1.807) is 24.3 Å². The van der Waals surface area contributed by atoms with Gasteiger partial charge in [-0.25, -0.2) is 0 Å². The molecule has 1 unspecified atom stereocenters. The predicted molar refractivity (Wildman–Crippen MR) is 92.2 cm³/mol. The highest BCUT2D eigenvalue weighted by molar-refractivity contribution is 9.10. The molecule has 0 heterocycles. The lowest BCUT2D eigenvalue weighted by molar-refractivity contribution is 0.0266. The number of hydrogen-bond acceptors (Lipinski definition) is 5. The molecule has 0 amide bonds. The van der Waals surface area contributed by atoms with Crippen molar-refractivity contribution in [1.29, 1.82) is 0 Å². The molecule has 23 heavy (non-hydrogen) atoms. The van der Waals surface area contributed by atoms with E-state index in [0.29, 0.717) is 21.2 Å². The lowest BCUT2D eigenvalue weighted by atomic mass is 10.1. The van der Waals surface area contributed by atoms with Crippen LogP contribution in [0.2, 0.25) is 0 Å². The SMILES string of the molecule is OCc1cc(Br)c(C(O)COCc2cc(Br)ccc2O)cc1O. The van der Waals surface area contributed by atoms with Gasteiger partial charge in [0, 0.05) is 25.6 Å². The molecule has 1 atom stereocenters. The third-order valence-electron chi connectivity index (χ3n) is 3.30. The van der Waals surface area contributed by atoms with E-state index in [1.165, 1.54) is 6.07 Å². The van der Waals surface area contributed by atoms with E-state index in [2.05, 4.69) is 31.9 Å². The number of phenolic OH excluding ortho intramolecular Hbond substituents is 1. The molecule has 0 aromatic heterocycles. The highest BCUT2D eigenvalue weighted by Crippen LogP contribution is 2.31. The molecule has 0 aliphatic heterocycles. The minimum absolute atomic E-state index is 0.0114. The van der Waals surface area contributed by atoms with E-state index in [9.17, 15) is 15.3 Å². The number of phenols is 2. The van der Waals surface area contributed by atoms with Crippen LogP contribution in [-0.4, -0.2) is 27.0 Å². The summed E-state index contributed by atoms with van der Waals surface area (Å²) < 4.78 is 6.83. The van der Waals surface area contributed by atoms with Crippen LogP contribution in [-0.2, 0) is 18.0 Å². The van der Waals surface area contributed by atoms with E-state index >= 15 is 0 Å². The fourth-order valence-corrected chi connectivity index (χ4v) is 3.10. The zero-order valence-corrected chi connectivity index (χ0v) is 15.2. The van der Waals surface area contributed by atoms with E-state index in [0.717, 1.165) is 4.47 Å². The summed E-state index contributed by atoms with van der Waals surface area (Å²) in [6.07, 6.45) is -0.961. The third kappa shape index (κ3) is 4.68. The van der Waals surface area contributed by atoms with E-state index in [1.807, 2.05) is 0 Å². The Labute approximate surface area is 150 Å². The summed E-state index contributed by atoms with van der Waals surface area (Å²) in [5, 5.41) is 38.8. The number of benzene rings is 2. The molecule has 2 aromatic carbocycles. The fraction of sp³-hybridized carbons (Fsp3) is 0.250. The van der Waals surface area contributed by atoms with Gasteiger partial charge in [0.05, 0.1) is 19.8 Å². The Morgan fingerprint density at radius 1 is 1.00 bits per heavy atom. The number of hydrogen-bond donors (Lipinski definition) is 4. The lowest BCUT2D eigenvalue weighted by Crippen LogP contribution is -2.08. The van der Waals surface area contributed by atoms with Crippen LogP contribution in [0.3, 0.4) is 0 Å². The van der Waals surface area contributed by atoms with Crippen molar-refractivity contribution in [2.45, 2.75) is 19.3 Å². The second kappa shape index (κ2) is 8.12. The van der Waals surface area contributed by atoms with Gasteiger partial charge >= 0.3 is 0 Å². The van der Waals surface area contributed by atoms with Crippen molar-refractivity contribution in [3.8, 4) is 11.5 Å². The monoisotopic (exact) mass is 446 g/mol. The first kappa shape index (κ1) is 18.2. The first-order valence-electron chi connectivity index (χ1n) is 6.77. The Hall–Kier alpha value is -1.12. The highest BCUT2D eigenvalue weighted by Gasteiger charge is 2.15. The standard InChI is InChI=1S/C16H16Br2O5/c17-11-1-2-14(20)10(3-11)7-23-8-16(22)12-5-15(21)9(6-19)4-13(12)18/h1-5,16,19-22H,6-8H2. The third-order valence-corrected chi connectivity index (χ3v) is 4.48. The Bertz CT molecular complexity index is 690. The van der Waals surface area contributed by atoms with Crippen LogP contribution >= 0.6 is 31.9 Å². The smallest absolute Gasteiger partial charge is 0.121 e. The summed E-state index contributed by atoms with van der Waals surface area (Å²) in [6.45, 7) is -0.164. The van der Waals surface area contributed by atoms with Gasteiger partial charge in [-0.2, -0.15) is 0 Å². The molecule has 0 radical (unpaired) electrons. The number of aliphatic hydroxyl groups is 2. The molecular formula is C16H16Br2O5. The largest absolute Gasteiger partial charge is 0.508 e. The summed E-state index contributed by atoms with van der Waals surface area (Å²) in [7, 11) is 0. The molecule has 0 saturated heterocycles. The Kier molecular flexibility index (Phi) is 6.43. The van der Waals surface area contributed by atoms with Gasteiger partial charge in [0.2, 0.25) is 0 Å². The van der Waals surface area contributed by atoms with Gasteiger partial charge < -0.3 is 25.2 Å². The van der Waals surface area contributed by atoms with Gasteiger partial charge in [0.1, 0.15) is 17.6 Å². The molecule has 0 saturated carbocycles. The normalized spacial score (nSPS) is 12.3. The Morgan fingerprint density at radius 2 is 1.74 bits per heavy atom. The highest BCUT2D eigenvalue weighted by atomic mass is 79.9. The van der Waals surface area contributed by atoms with Crippen LogP contribution < -0.4 is 0 Å². The van der Waals surface area contributed by atoms with Crippen molar-refractivity contribution in [2.24, 2.45) is 0 Å². The molecule has 0 bridgehead atoms. The number of halogens is 2. The lowest BCUT2D eigenvalue weighted by Gasteiger charge is -2.15. The quantitative estimate of drug-likeness (QED) is 0.545. The molecular weight excluding hydrogens is 432 g/mol.